The molecule has 10 heteroatoms. The molecule has 7 rings (SSSR count). The molecular formula is C30H29Cl2N3O4S. The van der Waals surface area contributed by atoms with Crippen LogP contribution in [0, 0.1) is 5.41 Å². The zero-order chi connectivity index (χ0) is 27.6. The average Bonchev–Trinajstić information content (AvgIpc) is 3.31. The summed E-state index contributed by atoms with van der Waals surface area (Å²) in [5, 5.41) is 6.49. The number of anilines is 1. The van der Waals surface area contributed by atoms with E-state index in [-0.39, 0.29) is 17.3 Å². The number of hydrogen-bond acceptors (Lipinski definition) is 8. The van der Waals surface area contributed by atoms with E-state index in [1.165, 1.54) is 0 Å². The number of carbonyl (C=O) groups excluding carboxylic acids is 1. The van der Waals surface area contributed by atoms with Gasteiger partial charge in [0.2, 0.25) is 0 Å². The normalized spacial score (nSPS) is 22.3. The Morgan fingerprint density at radius 1 is 1.23 bits per heavy atom. The molecule has 4 aromatic rings. The molecule has 2 aromatic heterocycles. The largest absolute Gasteiger partial charge is 0.494 e. The molecule has 2 aromatic carbocycles. The first kappa shape index (κ1) is 26.3. The lowest BCUT2D eigenvalue weighted by Crippen LogP contribution is -2.44. The summed E-state index contributed by atoms with van der Waals surface area (Å²) in [6, 6.07) is 9.18. The highest BCUT2D eigenvalue weighted by Gasteiger charge is 2.49. The zero-order valence-electron chi connectivity index (χ0n) is 22.3. The van der Waals surface area contributed by atoms with E-state index < -0.39 is 0 Å². The van der Waals surface area contributed by atoms with Gasteiger partial charge in [-0.15, -0.1) is 0 Å². The molecule has 3 aliphatic rings. The van der Waals surface area contributed by atoms with Gasteiger partial charge in [-0.2, -0.15) is 0 Å². The molecule has 208 valence electrons. The van der Waals surface area contributed by atoms with E-state index in [4.69, 9.17) is 42.2 Å². The molecule has 0 unspecified atom stereocenters. The maximum atomic E-state index is 12.0. The molecule has 0 atom stereocenters. The standard InChI is InChI=1S/C30H29Cl2N3O4S/c1-16(36)18-10-23(37-2)27-24(11-18)40-29(33-27)35-9-8-30(15-35)12-19(13-30)38-14-20-26(34-39-28(20)17-6-7-17)25-21(31)4-3-5-22(25)32/h3-5,10-11,17,19H,6-9,12-15H2,1-2H3. The quantitative estimate of drug-likeness (QED) is 0.191. The molecule has 0 radical (unpaired) electrons. The third-order valence-electron chi connectivity index (χ3n) is 8.53. The number of carbonyl (C=O) groups is 1. The van der Waals surface area contributed by atoms with Crippen LogP contribution in [0.3, 0.4) is 0 Å². The maximum Gasteiger partial charge on any atom is 0.186 e. The van der Waals surface area contributed by atoms with Gasteiger partial charge in [-0.25, -0.2) is 4.98 Å². The first-order valence-corrected chi connectivity index (χ1v) is 15.2. The number of hydrogen-bond donors (Lipinski definition) is 0. The summed E-state index contributed by atoms with van der Waals surface area (Å²) in [4.78, 5) is 19.2. The molecule has 7 nitrogen and oxygen atoms in total. The highest BCUT2D eigenvalue weighted by molar-refractivity contribution is 7.22. The third kappa shape index (κ3) is 4.59. The average molecular weight is 599 g/mol. The van der Waals surface area contributed by atoms with Gasteiger partial charge in [0, 0.05) is 35.7 Å². The van der Waals surface area contributed by atoms with Crippen molar-refractivity contribution in [3.8, 4) is 17.0 Å². The van der Waals surface area contributed by atoms with E-state index in [1.54, 1.807) is 31.4 Å². The molecule has 2 aliphatic carbocycles. The van der Waals surface area contributed by atoms with Gasteiger partial charge < -0.3 is 18.9 Å². The van der Waals surface area contributed by atoms with Crippen molar-refractivity contribution < 1.29 is 18.8 Å². The minimum Gasteiger partial charge on any atom is -0.494 e. The number of benzene rings is 2. The van der Waals surface area contributed by atoms with Crippen LogP contribution in [0.15, 0.2) is 34.9 Å². The van der Waals surface area contributed by atoms with Crippen molar-refractivity contribution in [2.24, 2.45) is 5.41 Å². The predicted molar refractivity (Wildman–Crippen MR) is 157 cm³/mol. The predicted octanol–water partition coefficient (Wildman–Crippen LogP) is 7.92. The Kier molecular flexibility index (Phi) is 6.57. The number of fused-ring (bicyclic) bond motifs is 1. The number of halogens is 2. The number of methoxy groups -OCH3 is 1. The van der Waals surface area contributed by atoms with Crippen molar-refractivity contribution >= 4 is 55.7 Å². The van der Waals surface area contributed by atoms with Crippen molar-refractivity contribution in [2.75, 3.05) is 25.1 Å². The second-order valence-electron chi connectivity index (χ2n) is 11.3. The van der Waals surface area contributed by atoms with Gasteiger partial charge in [0.1, 0.15) is 22.7 Å². The van der Waals surface area contributed by atoms with E-state index in [0.29, 0.717) is 45.1 Å². The van der Waals surface area contributed by atoms with Crippen molar-refractivity contribution in [2.45, 2.75) is 57.7 Å². The molecule has 1 saturated heterocycles. The smallest absolute Gasteiger partial charge is 0.186 e. The van der Waals surface area contributed by atoms with E-state index in [2.05, 4.69) is 10.1 Å². The molecule has 1 spiro atoms. The van der Waals surface area contributed by atoms with Crippen molar-refractivity contribution in [1.29, 1.82) is 0 Å². The molecule has 3 fully saturated rings. The molecule has 0 bridgehead atoms. The molecule has 40 heavy (non-hydrogen) atoms. The summed E-state index contributed by atoms with van der Waals surface area (Å²) in [6.07, 6.45) is 5.53. The highest BCUT2D eigenvalue weighted by Crippen LogP contribution is 2.52. The maximum absolute atomic E-state index is 12.0. The SMILES string of the molecule is COc1cc(C(C)=O)cc2sc(N3CCC4(CC(OCc5c(-c6c(Cl)cccc6Cl)noc5C5CC5)C4)C3)nc12. The Hall–Kier alpha value is -2.65. The number of ether oxygens (including phenoxy) is 2. The Bertz CT molecular complexity index is 1600. The summed E-state index contributed by atoms with van der Waals surface area (Å²) in [7, 11) is 1.62. The van der Waals surface area contributed by atoms with E-state index in [1.807, 2.05) is 24.3 Å². The number of Topliss-reactive ketones (excluding diaryl/α,β-unsaturated/α-hetero) is 1. The van der Waals surface area contributed by atoms with Gasteiger partial charge in [0.15, 0.2) is 10.9 Å². The lowest BCUT2D eigenvalue weighted by atomic mass is 9.66. The Morgan fingerprint density at radius 3 is 2.70 bits per heavy atom. The van der Waals surface area contributed by atoms with E-state index in [0.717, 1.165) is 71.9 Å². The summed E-state index contributed by atoms with van der Waals surface area (Å²) < 4.78 is 18.8. The molecule has 2 saturated carbocycles. The second-order valence-corrected chi connectivity index (χ2v) is 13.2. The van der Waals surface area contributed by atoms with Crippen LogP contribution < -0.4 is 9.64 Å². The monoisotopic (exact) mass is 597 g/mol. The number of nitrogens with zero attached hydrogens (tertiary/aromatic N) is 3. The van der Waals surface area contributed by atoms with Crippen LogP contribution in [0.25, 0.3) is 21.5 Å². The summed E-state index contributed by atoms with van der Waals surface area (Å²) in [5.41, 5.74) is 4.07. The third-order valence-corrected chi connectivity index (χ3v) is 10.2. The lowest BCUT2D eigenvalue weighted by Gasteiger charge is -2.44. The fourth-order valence-corrected chi connectivity index (χ4v) is 7.81. The number of rotatable bonds is 8. The second kappa shape index (κ2) is 10.0. The summed E-state index contributed by atoms with van der Waals surface area (Å²) in [6.45, 7) is 3.92. The highest BCUT2D eigenvalue weighted by atomic mass is 35.5. The lowest BCUT2D eigenvalue weighted by molar-refractivity contribution is -0.0796. The van der Waals surface area contributed by atoms with Gasteiger partial charge >= 0.3 is 0 Å². The number of ketones is 1. The fraction of sp³-hybridized carbons (Fsp3) is 0.433. The van der Waals surface area contributed by atoms with Crippen LogP contribution in [0.5, 0.6) is 5.75 Å². The van der Waals surface area contributed by atoms with Crippen molar-refractivity contribution in [1.82, 2.24) is 10.1 Å². The van der Waals surface area contributed by atoms with Crippen LogP contribution in [-0.2, 0) is 11.3 Å². The number of aromatic nitrogens is 2. The zero-order valence-corrected chi connectivity index (χ0v) is 24.7. The van der Waals surface area contributed by atoms with Crippen molar-refractivity contribution in [3.05, 3.63) is 57.3 Å². The summed E-state index contributed by atoms with van der Waals surface area (Å²) >= 11 is 14.7. The van der Waals surface area contributed by atoms with Gasteiger partial charge in [0.05, 0.1) is 34.6 Å². The van der Waals surface area contributed by atoms with E-state index >= 15 is 0 Å². The first-order valence-electron chi connectivity index (χ1n) is 13.6. The van der Waals surface area contributed by atoms with Crippen LogP contribution in [0.1, 0.15) is 66.6 Å². The van der Waals surface area contributed by atoms with E-state index in [9.17, 15) is 4.79 Å². The van der Waals surface area contributed by atoms with Crippen LogP contribution in [-0.4, -0.2) is 42.2 Å². The van der Waals surface area contributed by atoms with Gasteiger partial charge in [0.25, 0.3) is 0 Å². The first-order chi connectivity index (χ1) is 19.3. The van der Waals surface area contributed by atoms with Crippen LogP contribution in [0.4, 0.5) is 5.13 Å². The van der Waals surface area contributed by atoms with Crippen molar-refractivity contribution in [3.63, 3.8) is 0 Å². The molecule has 3 heterocycles. The van der Waals surface area contributed by atoms with Gasteiger partial charge in [-0.3, -0.25) is 4.79 Å². The summed E-state index contributed by atoms with van der Waals surface area (Å²) in [5.74, 6) is 1.98. The Balaban J connectivity index is 1.04. The fourth-order valence-electron chi connectivity index (χ4n) is 6.19. The van der Waals surface area contributed by atoms with Crippen LogP contribution in [0.2, 0.25) is 10.0 Å². The molecular weight excluding hydrogens is 569 g/mol. The molecule has 1 aliphatic heterocycles. The Labute approximate surface area is 246 Å². The number of thiazole rings is 1. The molecule has 0 amide bonds. The topological polar surface area (TPSA) is 77.7 Å². The van der Waals surface area contributed by atoms with Crippen LogP contribution >= 0.6 is 34.5 Å². The Morgan fingerprint density at radius 2 is 2.00 bits per heavy atom. The molecule has 0 N–H and O–H groups in total. The van der Waals surface area contributed by atoms with Gasteiger partial charge in [-0.1, -0.05) is 45.8 Å². The minimum absolute atomic E-state index is 0.0216. The minimum atomic E-state index is 0.0216. The van der Waals surface area contributed by atoms with Gasteiger partial charge in [-0.05, 0) is 68.7 Å².